The van der Waals surface area contributed by atoms with Crippen molar-refractivity contribution >= 4 is 39.1 Å². The van der Waals surface area contributed by atoms with Gasteiger partial charge >= 0.3 is 0 Å². The average Bonchev–Trinajstić information content (AvgIpc) is 2.73. The smallest absolute Gasteiger partial charge is 0.271 e. The van der Waals surface area contributed by atoms with Gasteiger partial charge in [-0.2, -0.15) is 5.10 Å². The summed E-state index contributed by atoms with van der Waals surface area (Å²) in [5.74, 6) is -0.0686. The van der Waals surface area contributed by atoms with E-state index in [2.05, 4.69) is 31.8 Å². The Morgan fingerprint density at radius 1 is 1.00 bits per heavy atom. The Morgan fingerprint density at radius 3 is 2.43 bits per heavy atom. The van der Waals surface area contributed by atoms with Crippen LogP contribution in [0.3, 0.4) is 0 Å². The van der Waals surface area contributed by atoms with Crippen molar-refractivity contribution in [3.8, 4) is 0 Å². The molecule has 1 aliphatic carbocycles. The van der Waals surface area contributed by atoms with Crippen molar-refractivity contribution in [2.24, 2.45) is 11.0 Å². The van der Waals surface area contributed by atoms with Crippen LogP contribution in [-0.4, -0.2) is 17.5 Å². The van der Waals surface area contributed by atoms with Gasteiger partial charge in [0.05, 0.1) is 5.71 Å². The van der Waals surface area contributed by atoms with Crippen LogP contribution >= 0.6 is 15.9 Å². The molecule has 0 unspecified atom stereocenters. The number of hydrogen-bond acceptors (Lipinski definition) is 3. The maximum atomic E-state index is 12.4. The highest BCUT2D eigenvalue weighted by molar-refractivity contribution is 9.10. The van der Waals surface area contributed by atoms with E-state index in [-0.39, 0.29) is 17.7 Å². The highest BCUT2D eigenvalue weighted by Crippen LogP contribution is 2.25. The Kier molecular flexibility index (Phi) is 6.98. The number of nitrogens with zero attached hydrogens (tertiary/aromatic N) is 1. The number of hydrogen-bond donors (Lipinski definition) is 2. The third-order valence-corrected chi connectivity index (χ3v) is 5.48. The molecule has 1 aliphatic rings. The summed E-state index contributed by atoms with van der Waals surface area (Å²) in [6, 6.07) is 14.6. The van der Waals surface area contributed by atoms with Crippen LogP contribution in [0.5, 0.6) is 0 Å². The van der Waals surface area contributed by atoms with E-state index in [4.69, 9.17) is 0 Å². The van der Waals surface area contributed by atoms with Crippen molar-refractivity contribution < 1.29 is 9.59 Å². The lowest BCUT2D eigenvalue weighted by atomic mass is 9.88. The lowest BCUT2D eigenvalue weighted by molar-refractivity contribution is -0.120. The molecule has 0 aliphatic heterocycles. The molecule has 1 saturated carbocycles. The fourth-order valence-corrected chi connectivity index (χ4v) is 3.56. The second-order valence-electron chi connectivity index (χ2n) is 7.05. The Labute approximate surface area is 173 Å². The minimum Gasteiger partial charge on any atom is -0.326 e. The van der Waals surface area contributed by atoms with Gasteiger partial charge in [0.15, 0.2) is 0 Å². The molecule has 28 heavy (non-hydrogen) atoms. The zero-order valence-electron chi connectivity index (χ0n) is 15.9. The molecule has 0 aromatic heterocycles. The highest BCUT2D eigenvalue weighted by Gasteiger charge is 2.21. The number of amides is 2. The first-order valence-corrected chi connectivity index (χ1v) is 10.3. The normalized spacial score (nSPS) is 15.1. The summed E-state index contributed by atoms with van der Waals surface area (Å²) in [5.41, 5.74) is 5.37. The Bertz CT molecular complexity index is 872. The minimum atomic E-state index is -0.270. The van der Waals surface area contributed by atoms with E-state index < -0.39 is 0 Å². The third kappa shape index (κ3) is 5.52. The third-order valence-electron chi connectivity index (χ3n) is 4.96. The van der Waals surface area contributed by atoms with E-state index in [0.29, 0.717) is 11.3 Å². The molecule has 0 atom stereocenters. The zero-order valence-corrected chi connectivity index (χ0v) is 17.5. The largest absolute Gasteiger partial charge is 0.326 e. The van der Waals surface area contributed by atoms with Crippen LogP contribution in [0.15, 0.2) is 58.1 Å². The molecule has 0 saturated heterocycles. The number of benzene rings is 2. The molecule has 3 rings (SSSR count). The Morgan fingerprint density at radius 2 is 1.71 bits per heavy atom. The van der Waals surface area contributed by atoms with Crippen molar-refractivity contribution in [2.75, 3.05) is 5.32 Å². The van der Waals surface area contributed by atoms with Crippen molar-refractivity contribution in [1.82, 2.24) is 5.43 Å². The van der Waals surface area contributed by atoms with Crippen molar-refractivity contribution in [2.45, 2.75) is 39.0 Å². The van der Waals surface area contributed by atoms with Gasteiger partial charge < -0.3 is 5.32 Å². The monoisotopic (exact) mass is 441 g/mol. The highest BCUT2D eigenvalue weighted by atomic mass is 79.9. The molecule has 0 radical (unpaired) electrons. The molecule has 0 spiro atoms. The summed E-state index contributed by atoms with van der Waals surface area (Å²) >= 11 is 3.35. The van der Waals surface area contributed by atoms with E-state index in [1.807, 2.05) is 43.3 Å². The quantitative estimate of drug-likeness (QED) is 0.498. The van der Waals surface area contributed by atoms with Gasteiger partial charge in [0, 0.05) is 21.6 Å². The first-order valence-electron chi connectivity index (χ1n) is 9.54. The summed E-state index contributed by atoms with van der Waals surface area (Å²) in [7, 11) is 0. The number of anilines is 1. The van der Waals surface area contributed by atoms with E-state index in [9.17, 15) is 9.59 Å². The Balaban J connectivity index is 1.63. The summed E-state index contributed by atoms with van der Waals surface area (Å²) in [6.07, 6.45) is 5.41. The lowest BCUT2D eigenvalue weighted by Gasteiger charge is -2.20. The number of carbonyl (C=O) groups excluding carboxylic acids is 2. The predicted molar refractivity (Wildman–Crippen MR) is 115 cm³/mol. The van der Waals surface area contributed by atoms with Gasteiger partial charge in [-0.1, -0.05) is 47.3 Å². The molecule has 6 heteroatoms. The zero-order chi connectivity index (χ0) is 19.9. The second kappa shape index (κ2) is 9.64. The molecule has 2 aromatic rings. The SMILES string of the molecule is C/C(=N/NC(=O)c1ccc(Br)cc1)c1cccc(NC(=O)C2CCCCC2)c1. The van der Waals surface area contributed by atoms with Gasteiger partial charge in [-0.25, -0.2) is 5.43 Å². The molecule has 2 aromatic carbocycles. The standard InChI is InChI=1S/C22H24BrN3O2/c1-15(25-26-22(28)17-10-12-19(23)13-11-17)18-8-5-9-20(14-18)24-21(27)16-6-3-2-4-7-16/h5,8-14,16H,2-4,6-7H2,1H3,(H,24,27)(H,26,28)/b25-15-. The Hall–Kier alpha value is -2.47. The molecule has 146 valence electrons. The number of nitrogens with one attached hydrogen (secondary N) is 2. The molecule has 0 heterocycles. The van der Waals surface area contributed by atoms with Crippen LogP contribution in [0.4, 0.5) is 5.69 Å². The van der Waals surface area contributed by atoms with Crippen LogP contribution in [0.1, 0.15) is 54.9 Å². The second-order valence-corrected chi connectivity index (χ2v) is 7.97. The number of rotatable bonds is 5. The predicted octanol–water partition coefficient (Wildman–Crippen LogP) is 5.12. The van der Waals surface area contributed by atoms with Crippen molar-refractivity contribution in [1.29, 1.82) is 0 Å². The number of halogens is 1. The molecule has 0 bridgehead atoms. The fraction of sp³-hybridized carbons (Fsp3) is 0.318. The lowest BCUT2D eigenvalue weighted by Crippen LogP contribution is -2.24. The van der Waals surface area contributed by atoms with E-state index in [1.165, 1.54) is 6.42 Å². The van der Waals surface area contributed by atoms with Crippen LogP contribution in [0.25, 0.3) is 0 Å². The molecular weight excluding hydrogens is 418 g/mol. The molecule has 1 fully saturated rings. The summed E-state index contributed by atoms with van der Waals surface area (Å²) in [5, 5.41) is 7.21. The van der Waals surface area contributed by atoms with E-state index >= 15 is 0 Å². The molecule has 2 amide bonds. The van der Waals surface area contributed by atoms with E-state index in [0.717, 1.165) is 41.4 Å². The fourth-order valence-electron chi connectivity index (χ4n) is 3.30. The van der Waals surface area contributed by atoms with Gasteiger partial charge in [0.2, 0.25) is 5.91 Å². The summed E-state index contributed by atoms with van der Waals surface area (Å²) in [4.78, 5) is 24.6. The van der Waals surface area contributed by atoms with Gasteiger partial charge in [-0.05, 0) is 61.7 Å². The van der Waals surface area contributed by atoms with Crippen LogP contribution in [-0.2, 0) is 4.79 Å². The van der Waals surface area contributed by atoms with Gasteiger partial charge in [-0.3, -0.25) is 9.59 Å². The maximum absolute atomic E-state index is 12.4. The van der Waals surface area contributed by atoms with Crippen molar-refractivity contribution in [3.05, 3.63) is 64.1 Å². The van der Waals surface area contributed by atoms with E-state index in [1.54, 1.807) is 12.1 Å². The minimum absolute atomic E-state index is 0.0926. The first-order chi connectivity index (χ1) is 13.5. The maximum Gasteiger partial charge on any atom is 0.271 e. The topological polar surface area (TPSA) is 70.6 Å². The average molecular weight is 442 g/mol. The summed E-state index contributed by atoms with van der Waals surface area (Å²) < 4.78 is 0.913. The van der Waals surface area contributed by atoms with Gasteiger partial charge in [0.25, 0.3) is 5.91 Å². The van der Waals surface area contributed by atoms with Crippen LogP contribution in [0.2, 0.25) is 0 Å². The number of carbonyl (C=O) groups is 2. The van der Waals surface area contributed by atoms with Crippen LogP contribution < -0.4 is 10.7 Å². The van der Waals surface area contributed by atoms with Crippen molar-refractivity contribution in [3.63, 3.8) is 0 Å². The molecule has 5 nitrogen and oxygen atoms in total. The molecule has 2 N–H and O–H groups in total. The first kappa shape index (κ1) is 20.3. The van der Waals surface area contributed by atoms with Gasteiger partial charge in [-0.15, -0.1) is 0 Å². The van der Waals surface area contributed by atoms with Crippen LogP contribution in [0, 0.1) is 5.92 Å². The summed E-state index contributed by atoms with van der Waals surface area (Å²) in [6.45, 7) is 1.82. The molecular formula is C22H24BrN3O2. The van der Waals surface area contributed by atoms with Gasteiger partial charge in [0.1, 0.15) is 0 Å². The number of hydrazone groups is 1.